The molecule has 0 radical (unpaired) electrons. The molecule has 0 aromatic rings. The fraction of sp³-hybridized carbons (Fsp3) is 0.833. The first-order chi connectivity index (χ1) is 5.88. The predicted molar refractivity (Wildman–Crippen MR) is 45.9 cm³/mol. The molecule has 0 aliphatic heterocycles. The number of nitrogens with two attached hydrogens (primary N) is 1. The zero-order valence-corrected chi connectivity index (χ0v) is 8.78. The summed E-state index contributed by atoms with van der Waals surface area (Å²) >= 11 is 0. The number of amides is 1. The van der Waals surface area contributed by atoms with Crippen LogP contribution >= 0.6 is 0 Å². The summed E-state index contributed by atoms with van der Waals surface area (Å²) in [7, 11) is -5.22. The van der Waals surface area contributed by atoms with Crippen molar-refractivity contribution in [1.29, 1.82) is 0 Å². The fourth-order valence-electron chi connectivity index (χ4n) is 0.543. The molecule has 1 amide bonds. The summed E-state index contributed by atoms with van der Waals surface area (Å²) in [6.45, 7) is 4.30. The molecule has 0 aromatic heterocycles. The van der Waals surface area contributed by atoms with Crippen LogP contribution in [-0.4, -0.2) is 25.1 Å². The predicted octanol–water partition coefficient (Wildman–Crippen LogP) is -0.218. The molecule has 0 saturated heterocycles. The van der Waals surface area contributed by atoms with Crippen LogP contribution in [0.2, 0.25) is 0 Å². The Bertz CT molecular complexity index is 331. The van der Waals surface area contributed by atoms with E-state index in [1.165, 1.54) is 20.8 Å². The lowest BCUT2D eigenvalue weighted by Crippen LogP contribution is -2.54. The maximum atomic E-state index is 12.7. The van der Waals surface area contributed by atoms with Gasteiger partial charge in [0.2, 0.25) is 0 Å². The van der Waals surface area contributed by atoms with Gasteiger partial charge in [0.1, 0.15) is 0 Å². The van der Waals surface area contributed by atoms with E-state index in [1.807, 2.05) is 5.32 Å². The highest BCUT2D eigenvalue weighted by atomic mass is 32.2. The summed E-state index contributed by atoms with van der Waals surface area (Å²) in [6.07, 6.45) is 0. The maximum Gasteiger partial charge on any atom is 0.434 e. The quantitative estimate of drug-likeness (QED) is 0.687. The molecule has 0 fully saturated rings. The molecule has 8 heteroatoms. The van der Waals surface area contributed by atoms with Crippen LogP contribution in [0.25, 0.3) is 0 Å². The summed E-state index contributed by atoms with van der Waals surface area (Å²) < 4.78 is 46.2. The third kappa shape index (κ3) is 3.18. The molecule has 0 rings (SSSR count). The first-order valence-electron chi connectivity index (χ1n) is 3.61. The molecule has 0 aliphatic carbocycles. The van der Waals surface area contributed by atoms with Gasteiger partial charge in [-0.3, -0.25) is 4.79 Å². The standard InChI is InChI=1S/C6H12F2N2O3S/c1-5(2,3)10-4(11)6(7,8)14(9,12)13/h1-3H3,(H,10,11)(H2,9,12,13). The summed E-state index contributed by atoms with van der Waals surface area (Å²) in [4.78, 5) is 10.8. The van der Waals surface area contributed by atoms with Gasteiger partial charge in [-0.1, -0.05) is 0 Å². The van der Waals surface area contributed by atoms with Crippen molar-refractivity contribution in [2.45, 2.75) is 31.6 Å². The lowest BCUT2D eigenvalue weighted by Gasteiger charge is -2.23. The number of carbonyl (C=O) groups excluding carboxylic acids is 1. The first kappa shape index (κ1) is 13.2. The number of alkyl halides is 2. The van der Waals surface area contributed by atoms with Crippen molar-refractivity contribution >= 4 is 15.9 Å². The van der Waals surface area contributed by atoms with Crippen LogP contribution in [0.15, 0.2) is 0 Å². The van der Waals surface area contributed by atoms with Crippen LogP contribution in [-0.2, 0) is 14.8 Å². The summed E-state index contributed by atoms with van der Waals surface area (Å²) in [6, 6.07) is 0. The van der Waals surface area contributed by atoms with Crippen molar-refractivity contribution in [3.8, 4) is 0 Å². The first-order valence-corrected chi connectivity index (χ1v) is 5.15. The van der Waals surface area contributed by atoms with E-state index in [9.17, 15) is 22.0 Å². The van der Waals surface area contributed by atoms with Crippen LogP contribution in [0, 0.1) is 0 Å². The van der Waals surface area contributed by atoms with Gasteiger partial charge in [-0.25, -0.2) is 13.6 Å². The van der Waals surface area contributed by atoms with Gasteiger partial charge in [0.05, 0.1) is 0 Å². The third-order valence-corrected chi connectivity index (χ3v) is 2.01. The van der Waals surface area contributed by atoms with Gasteiger partial charge in [0.25, 0.3) is 10.0 Å². The summed E-state index contributed by atoms with van der Waals surface area (Å²) in [5, 5.41) is 1.42. The van der Waals surface area contributed by atoms with Crippen molar-refractivity contribution < 1.29 is 22.0 Å². The van der Waals surface area contributed by atoms with E-state index in [0.29, 0.717) is 0 Å². The van der Waals surface area contributed by atoms with Gasteiger partial charge in [-0.05, 0) is 20.8 Å². The van der Waals surface area contributed by atoms with E-state index in [1.54, 1.807) is 0 Å². The SMILES string of the molecule is CC(C)(C)NC(=O)C(F)(F)S(N)(=O)=O. The highest BCUT2D eigenvalue weighted by Gasteiger charge is 2.51. The van der Waals surface area contributed by atoms with Crippen molar-refractivity contribution in [3.05, 3.63) is 0 Å². The highest BCUT2D eigenvalue weighted by molar-refractivity contribution is 7.91. The second-order valence-electron chi connectivity index (χ2n) is 3.77. The normalized spacial score (nSPS) is 13.9. The lowest BCUT2D eigenvalue weighted by molar-refractivity contribution is -0.137. The van der Waals surface area contributed by atoms with Crippen molar-refractivity contribution in [2.24, 2.45) is 5.14 Å². The summed E-state index contributed by atoms with van der Waals surface area (Å²) in [5.74, 6) is -1.92. The maximum absolute atomic E-state index is 12.7. The van der Waals surface area contributed by atoms with Crippen LogP contribution in [0.1, 0.15) is 20.8 Å². The van der Waals surface area contributed by atoms with Crippen molar-refractivity contribution in [2.75, 3.05) is 0 Å². The Kier molecular flexibility index (Phi) is 3.24. The van der Waals surface area contributed by atoms with Crippen LogP contribution < -0.4 is 10.5 Å². The van der Waals surface area contributed by atoms with E-state index < -0.39 is 26.7 Å². The minimum atomic E-state index is -5.22. The Hall–Kier alpha value is -0.760. The van der Waals surface area contributed by atoms with Crippen LogP contribution in [0.5, 0.6) is 0 Å². The van der Waals surface area contributed by atoms with Gasteiger partial charge in [0.15, 0.2) is 0 Å². The molecule has 0 saturated carbocycles. The second-order valence-corrected chi connectivity index (χ2v) is 5.37. The van der Waals surface area contributed by atoms with E-state index >= 15 is 0 Å². The number of hydrogen-bond donors (Lipinski definition) is 2. The number of carbonyl (C=O) groups is 1. The average molecular weight is 230 g/mol. The Morgan fingerprint density at radius 2 is 1.64 bits per heavy atom. The number of sulfonamides is 1. The second kappa shape index (κ2) is 3.43. The molecule has 0 aromatic carbocycles. The van der Waals surface area contributed by atoms with Gasteiger partial charge in [0, 0.05) is 5.54 Å². The third-order valence-electron chi connectivity index (χ3n) is 1.11. The zero-order valence-electron chi connectivity index (χ0n) is 7.97. The molecule has 0 unspecified atom stereocenters. The van der Waals surface area contributed by atoms with Gasteiger partial charge < -0.3 is 5.32 Å². The van der Waals surface area contributed by atoms with E-state index in [0.717, 1.165) is 0 Å². The van der Waals surface area contributed by atoms with E-state index in [4.69, 9.17) is 0 Å². The lowest BCUT2D eigenvalue weighted by atomic mass is 10.1. The zero-order chi connectivity index (χ0) is 11.8. The van der Waals surface area contributed by atoms with Gasteiger partial charge in [-0.15, -0.1) is 0 Å². The molecule has 0 spiro atoms. The van der Waals surface area contributed by atoms with E-state index in [2.05, 4.69) is 5.14 Å². The number of hydrogen-bond acceptors (Lipinski definition) is 3. The minimum absolute atomic E-state index is 0.953. The van der Waals surface area contributed by atoms with Crippen LogP contribution in [0.4, 0.5) is 8.78 Å². The largest absolute Gasteiger partial charge is 0.434 e. The van der Waals surface area contributed by atoms with Crippen LogP contribution in [0.3, 0.4) is 0 Å². The van der Waals surface area contributed by atoms with Crippen molar-refractivity contribution in [1.82, 2.24) is 5.32 Å². The molecule has 5 nitrogen and oxygen atoms in total. The number of nitrogens with one attached hydrogen (secondary N) is 1. The number of halogens is 2. The molecular weight excluding hydrogens is 218 g/mol. The average Bonchev–Trinajstić information content (AvgIpc) is 1.80. The molecule has 84 valence electrons. The molecule has 0 heterocycles. The molecule has 3 N–H and O–H groups in total. The van der Waals surface area contributed by atoms with Gasteiger partial charge >= 0.3 is 11.2 Å². The minimum Gasteiger partial charge on any atom is -0.345 e. The highest BCUT2D eigenvalue weighted by Crippen LogP contribution is 2.19. The van der Waals surface area contributed by atoms with E-state index in [-0.39, 0.29) is 0 Å². The Morgan fingerprint density at radius 3 is 1.86 bits per heavy atom. The van der Waals surface area contributed by atoms with Crippen molar-refractivity contribution in [3.63, 3.8) is 0 Å². The molecular formula is C6H12F2N2O3S. The monoisotopic (exact) mass is 230 g/mol. The molecule has 0 atom stereocenters. The fourth-order valence-corrected chi connectivity index (χ4v) is 0.852. The number of primary sulfonamides is 1. The smallest absolute Gasteiger partial charge is 0.345 e. The summed E-state index contributed by atoms with van der Waals surface area (Å²) in [5.41, 5.74) is -0.953. The Labute approximate surface area is 80.7 Å². The molecule has 0 bridgehead atoms. The Balaban J connectivity index is 4.89. The number of rotatable bonds is 2. The molecule has 14 heavy (non-hydrogen) atoms. The Morgan fingerprint density at radius 1 is 1.29 bits per heavy atom. The topological polar surface area (TPSA) is 89.3 Å². The van der Waals surface area contributed by atoms with Gasteiger partial charge in [-0.2, -0.15) is 8.78 Å². The molecule has 0 aliphatic rings.